The van der Waals surface area contributed by atoms with E-state index in [1.54, 1.807) is 6.92 Å². The Morgan fingerprint density at radius 1 is 1.28 bits per heavy atom. The summed E-state index contributed by atoms with van der Waals surface area (Å²) in [6, 6.07) is 3.76. The SMILES string of the molecule is CC(NS(=O)(=O)CCCOCNC(=O)OCC(N)=O)c1ccc(F)c(OC2CCCC2)c1. The summed E-state index contributed by atoms with van der Waals surface area (Å²) >= 11 is 0. The third-order valence-corrected chi connectivity index (χ3v) is 6.31. The van der Waals surface area contributed by atoms with Crippen LogP contribution in [0, 0.1) is 5.82 Å². The van der Waals surface area contributed by atoms with E-state index in [4.69, 9.17) is 15.2 Å². The van der Waals surface area contributed by atoms with Gasteiger partial charge in [-0.05, 0) is 56.7 Å². The molecular weight excluding hydrogens is 445 g/mol. The summed E-state index contributed by atoms with van der Waals surface area (Å²) < 4.78 is 56.6. The van der Waals surface area contributed by atoms with Crippen molar-refractivity contribution in [1.82, 2.24) is 10.0 Å². The van der Waals surface area contributed by atoms with Crippen molar-refractivity contribution in [2.24, 2.45) is 5.73 Å². The van der Waals surface area contributed by atoms with E-state index < -0.39 is 40.5 Å². The first-order valence-electron chi connectivity index (χ1n) is 10.4. The second kappa shape index (κ2) is 12.6. The Balaban J connectivity index is 1.73. The summed E-state index contributed by atoms with van der Waals surface area (Å²) in [6.07, 6.45) is 3.19. The summed E-state index contributed by atoms with van der Waals surface area (Å²) in [6.45, 7) is 0.987. The highest BCUT2D eigenvalue weighted by atomic mass is 32.2. The van der Waals surface area contributed by atoms with Crippen molar-refractivity contribution in [3.05, 3.63) is 29.6 Å². The lowest BCUT2D eigenvalue weighted by molar-refractivity contribution is -0.120. The lowest BCUT2D eigenvalue weighted by Gasteiger charge is -2.18. The van der Waals surface area contributed by atoms with Crippen LogP contribution in [0.4, 0.5) is 9.18 Å². The average Bonchev–Trinajstić information content (AvgIpc) is 3.23. The molecule has 1 saturated carbocycles. The van der Waals surface area contributed by atoms with Gasteiger partial charge >= 0.3 is 6.09 Å². The second-order valence-corrected chi connectivity index (χ2v) is 9.37. The molecule has 1 aliphatic rings. The first kappa shape index (κ1) is 25.8. The number of alkyl carbamates (subject to hydrolysis) is 1. The molecule has 2 rings (SSSR count). The normalized spacial score (nSPS) is 15.3. The summed E-state index contributed by atoms with van der Waals surface area (Å²) in [5.41, 5.74) is 5.43. The Hall–Kier alpha value is -2.44. The van der Waals surface area contributed by atoms with Gasteiger partial charge in [0.1, 0.15) is 6.73 Å². The second-order valence-electron chi connectivity index (χ2n) is 7.50. The van der Waals surface area contributed by atoms with Gasteiger partial charge < -0.3 is 19.9 Å². The van der Waals surface area contributed by atoms with Crippen LogP contribution in [0.3, 0.4) is 0 Å². The lowest BCUT2D eigenvalue weighted by Crippen LogP contribution is -2.31. The number of nitrogens with two attached hydrogens (primary N) is 1. The zero-order valence-corrected chi connectivity index (χ0v) is 18.8. The number of halogens is 1. The van der Waals surface area contributed by atoms with E-state index >= 15 is 0 Å². The van der Waals surface area contributed by atoms with Gasteiger partial charge in [-0.1, -0.05) is 6.07 Å². The Kier molecular flexibility index (Phi) is 10.1. The molecule has 12 heteroatoms. The van der Waals surface area contributed by atoms with E-state index in [0.29, 0.717) is 5.56 Å². The summed E-state index contributed by atoms with van der Waals surface area (Å²) in [7, 11) is -3.62. The van der Waals surface area contributed by atoms with Gasteiger partial charge in [0, 0.05) is 12.6 Å². The zero-order valence-electron chi connectivity index (χ0n) is 18.0. The molecule has 0 saturated heterocycles. The van der Waals surface area contributed by atoms with Gasteiger partial charge in [0.2, 0.25) is 10.0 Å². The molecular formula is C20H30FN3O7S. The highest BCUT2D eigenvalue weighted by Crippen LogP contribution is 2.28. The minimum absolute atomic E-state index is 0.00810. The molecule has 0 spiro atoms. The quantitative estimate of drug-likeness (QED) is 0.291. The number of sulfonamides is 1. The van der Waals surface area contributed by atoms with E-state index in [2.05, 4.69) is 14.8 Å². The molecule has 0 aliphatic heterocycles. The van der Waals surface area contributed by atoms with Crippen LogP contribution in [0.5, 0.6) is 5.75 Å². The van der Waals surface area contributed by atoms with Gasteiger partial charge in [-0.2, -0.15) is 0 Å². The molecule has 1 fully saturated rings. The molecule has 10 nitrogen and oxygen atoms in total. The van der Waals surface area contributed by atoms with Crippen LogP contribution in [0.2, 0.25) is 0 Å². The Labute approximate surface area is 187 Å². The molecule has 1 atom stereocenters. The van der Waals surface area contributed by atoms with E-state index in [1.165, 1.54) is 18.2 Å². The number of hydrogen-bond acceptors (Lipinski definition) is 7. The predicted molar refractivity (Wildman–Crippen MR) is 114 cm³/mol. The molecule has 1 unspecified atom stereocenters. The highest BCUT2D eigenvalue weighted by molar-refractivity contribution is 7.89. The molecule has 0 aromatic heterocycles. The van der Waals surface area contributed by atoms with E-state index in [-0.39, 0.29) is 37.4 Å². The maximum Gasteiger partial charge on any atom is 0.409 e. The number of carbonyl (C=O) groups is 2. The van der Waals surface area contributed by atoms with Gasteiger partial charge in [0.15, 0.2) is 18.2 Å². The fourth-order valence-electron chi connectivity index (χ4n) is 3.18. The monoisotopic (exact) mass is 475 g/mol. The molecule has 4 N–H and O–H groups in total. The van der Waals surface area contributed by atoms with Crippen LogP contribution >= 0.6 is 0 Å². The third-order valence-electron chi connectivity index (χ3n) is 4.77. The van der Waals surface area contributed by atoms with Crippen LogP contribution in [-0.4, -0.2) is 52.2 Å². The largest absolute Gasteiger partial charge is 0.487 e. The fraction of sp³-hybridized carbons (Fsp3) is 0.600. The number of nitrogens with one attached hydrogen (secondary N) is 2. The maximum atomic E-state index is 14.1. The molecule has 2 amide bonds. The molecule has 0 heterocycles. The third kappa shape index (κ3) is 9.37. The molecule has 32 heavy (non-hydrogen) atoms. The zero-order chi connectivity index (χ0) is 23.6. The predicted octanol–water partition coefficient (Wildman–Crippen LogP) is 1.70. The van der Waals surface area contributed by atoms with Gasteiger partial charge in [0.25, 0.3) is 5.91 Å². The lowest BCUT2D eigenvalue weighted by atomic mass is 10.1. The van der Waals surface area contributed by atoms with Gasteiger partial charge in [-0.15, -0.1) is 0 Å². The smallest absolute Gasteiger partial charge is 0.409 e. The van der Waals surface area contributed by atoms with Crippen molar-refractivity contribution in [2.45, 2.75) is 51.2 Å². The topological polar surface area (TPSA) is 146 Å². The highest BCUT2D eigenvalue weighted by Gasteiger charge is 2.21. The minimum Gasteiger partial charge on any atom is -0.487 e. The molecule has 1 aromatic carbocycles. The molecule has 1 aliphatic carbocycles. The minimum atomic E-state index is -3.62. The molecule has 0 bridgehead atoms. The number of hydrogen-bond donors (Lipinski definition) is 3. The van der Waals surface area contributed by atoms with E-state index in [1.807, 2.05) is 0 Å². The number of rotatable bonds is 13. The van der Waals surface area contributed by atoms with Gasteiger partial charge in [0.05, 0.1) is 11.9 Å². The van der Waals surface area contributed by atoms with Crippen LogP contribution in [0.25, 0.3) is 0 Å². The van der Waals surface area contributed by atoms with Crippen LogP contribution in [0.1, 0.15) is 50.6 Å². The first-order valence-corrected chi connectivity index (χ1v) is 12.0. The van der Waals surface area contributed by atoms with E-state index in [9.17, 15) is 22.4 Å². The first-order chi connectivity index (χ1) is 15.2. The number of amides is 2. The number of primary amides is 1. The van der Waals surface area contributed by atoms with Crippen LogP contribution < -0.4 is 20.5 Å². The van der Waals surface area contributed by atoms with Crippen molar-refractivity contribution >= 4 is 22.0 Å². The summed E-state index contributed by atoms with van der Waals surface area (Å²) in [5, 5.41) is 2.23. The molecule has 180 valence electrons. The van der Waals surface area contributed by atoms with Gasteiger partial charge in [-0.3, -0.25) is 10.1 Å². The maximum absolute atomic E-state index is 14.1. The number of benzene rings is 1. The Bertz CT molecular complexity index is 876. The fourth-order valence-corrected chi connectivity index (χ4v) is 4.47. The molecule has 1 aromatic rings. The van der Waals surface area contributed by atoms with Gasteiger partial charge in [-0.25, -0.2) is 22.3 Å². The number of ether oxygens (including phenoxy) is 3. The van der Waals surface area contributed by atoms with Crippen molar-refractivity contribution in [3.63, 3.8) is 0 Å². The summed E-state index contributed by atoms with van der Waals surface area (Å²) in [4.78, 5) is 21.7. The standard InChI is InChI=1S/C20H30FN3O7S/c1-14(15-7-8-17(21)18(11-15)31-16-5-2-3-6-16)24-32(27,28)10-4-9-29-13-23-20(26)30-12-19(22)25/h7-8,11,14,16,24H,2-6,9-10,12-13H2,1H3,(H2,22,25)(H,23,26). The number of carbonyl (C=O) groups excluding carboxylic acids is 2. The van der Waals surface area contributed by atoms with Crippen LogP contribution in [-0.2, 0) is 24.3 Å². The van der Waals surface area contributed by atoms with E-state index in [0.717, 1.165) is 25.7 Å². The van der Waals surface area contributed by atoms with Crippen molar-refractivity contribution in [2.75, 3.05) is 25.7 Å². The Morgan fingerprint density at radius 3 is 2.69 bits per heavy atom. The van der Waals surface area contributed by atoms with Crippen LogP contribution in [0.15, 0.2) is 18.2 Å². The Morgan fingerprint density at radius 2 is 2.00 bits per heavy atom. The molecule has 0 radical (unpaired) electrons. The summed E-state index contributed by atoms with van der Waals surface area (Å²) in [5.74, 6) is -1.32. The average molecular weight is 476 g/mol. The van der Waals surface area contributed by atoms with Crippen molar-refractivity contribution in [1.29, 1.82) is 0 Å². The van der Waals surface area contributed by atoms with Crippen molar-refractivity contribution in [3.8, 4) is 5.75 Å². The van der Waals surface area contributed by atoms with Crippen molar-refractivity contribution < 1.29 is 36.6 Å².